The Morgan fingerprint density at radius 1 is 1.48 bits per heavy atom. The van der Waals surface area contributed by atoms with Crippen LogP contribution in [-0.4, -0.2) is 43.2 Å². The van der Waals surface area contributed by atoms with E-state index in [9.17, 15) is 23.7 Å². The second-order valence-electron chi connectivity index (χ2n) is 4.56. The van der Waals surface area contributed by atoms with E-state index in [-0.39, 0.29) is 6.10 Å². The number of nitro groups is 1. The van der Waals surface area contributed by atoms with Crippen molar-refractivity contribution in [1.29, 1.82) is 0 Å². The van der Waals surface area contributed by atoms with E-state index in [4.69, 9.17) is 4.74 Å². The van der Waals surface area contributed by atoms with E-state index in [0.717, 1.165) is 0 Å². The first-order valence-electron chi connectivity index (χ1n) is 6.12. The molecule has 1 fully saturated rings. The molecule has 1 heterocycles. The highest BCUT2D eigenvalue weighted by Crippen LogP contribution is 2.22. The van der Waals surface area contributed by atoms with Crippen molar-refractivity contribution in [3.8, 4) is 0 Å². The third-order valence-electron chi connectivity index (χ3n) is 3.24. The average molecular weight is 301 g/mol. The topological polar surface area (TPSA) is 93.5 Å². The van der Waals surface area contributed by atoms with Gasteiger partial charge >= 0.3 is 5.69 Å². The zero-order valence-electron chi connectivity index (χ0n) is 11.1. The van der Waals surface area contributed by atoms with E-state index in [1.807, 2.05) is 0 Å². The number of amides is 1. The van der Waals surface area contributed by atoms with Crippen LogP contribution in [-0.2, 0) is 4.74 Å². The summed E-state index contributed by atoms with van der Waals surface area (Å²) in [5.74, 6) is -3.34. The third kappa shape index (κ3) is 3.14. The summed E-state index contributed by atoms with van der Waals surface area (Å²) >= 11 is 0. The van der Waals surface area contributed by atoms with Crippen LogP contribution in [0.15, 0.2) is 12.1 Å². The molecule has 0 spiro atoms. The van der Waals surface area contributed by atoms with Crippen molar-refractivity contribution in [2.75, 3.05) is 20.2 Å². The van der Waals surface area contributed by atoms with Gasteiger partial charge in [-0.2, -0.15) is 4.39 Å². The molecular weight excluding hydrogens is 288 g/mol. The molecule has 1 amide bonds. The van der Waals surface area contributed by atoms with Gasteiger partial charge < -0.3 is 15.4 Å². The van der Waals surface area contributed by atoms with E-state index in [0.29, 0.717) is 25.2 Å². The molecule has 0 aromatic heterocycles. The molecule has 1 aromatic carbocycles. The highest BCUT2D eigenvalue weighted by molar-refractivity contribution is 5.95. The van der Waals surface area contributed by atoms with Crippen LogP contribution in [0.25, 0.3) is 0 Å². The summed E-state index contributed by atoms with van der Waals surface area (Å²) in [5, 5.41) is 16.1. The number of hydrogen-bond donors (Lipinski definition) is 2. The molecule has 0 aliphatic carbocycles. The number of carbonyl (C=O) groups is 1. The molecule has 1 aliphatic rings. The van der Waals surface area contributed by atoms with E-state index in [1.165, 1.54) is 7.11 Å². The number of carbonyl (C=O) groups excluding carboxylic acids is 1. The van der Waals surface area contributed by atoms with Crippen molar-refractivity contribution in [3.05, 3.63) is 39.4 Å². The summed E-state index contributed by atoms with van der Waals surface area (Å²) in [5.41, 5.74) is -1.78. The van der Waals surface area contributed by atoms with Crippen LogP contribution >= 0.6 is 0 Å². The number of rotatable bonds is 4. The Hall–Kier alpha value is -2.13. The van der Waals surface area contributed by atoms with Crippen LogP contribution < -0.4 is 10.6 Å². The van der Waals surface area contributed by atoms with E-state index < -0.39 is 39.8 Å². The second kappa shape index (κ2) is 6.10. The van der Waals surface area contributed by atoms with Gasteiger partial charge in [-0.3, -0.25) is 14.9 Å². The Bertz CT molecular complexity index is 582. The number of hydrogen-bond acceptors (Lipinski definition) is 5. The molecule has 9 heteroatoms. The van der Waals surface area contributed by atoms with Crippen LogP contribution in [0.2, 0.25) is 0 Å². The zero-order chi connectivity index (χ0) is 15.6. The fourth-order valence-corrected chi connectivity index (χ4v) is 2.17. The SMILES string of the molecule is CO[C@H]1CNCC1NC(=O)c1cc(F)cc([N+](=O)[O-])c1F. The third-order valence-corrected chi connectivity index (χ3v) is 3.24. The van der Waals surface area contributed by atoms with Crippen molar-refractivity contribution in [2.24, 2.45) is 0 Å². The maximum absolute atomic E-state index is 13.9. The predicted molar refractivity (Wildman–Crippen MR) is 67.9 cm³/mol. The first-order chi connectivity index (χ1) is 9.93. The Morgan fingerprint density at radius 2 is 2.19 bits per heavy atom. The highest BCUT2D eigenvalue weighted by atomic mass is 19.1. The Balaban J connectivity index is 2.25. The molecule has 0 saturated carbocycles. The lowest BCUT2D eigenvalue weighted by Crippen LogP contribution is -2.43. The smallest absolute Gasteiger partial charge is 0.308 e. The zero-order valence-corrected chi connectivity index (χ0v) is 11.1. The second-order valence-corrected chi connectivity index (χ2v) is 4.56. The minimum absolute atomic E-state index is 0.305. The van der Waals surface area contributed by atoms with Gasteiger partial charge in [0.2, 0.25) is 5.82 Å². The number of methoxy groups -OCH3 is 1. The van der Waals surface area contributed by atoms with Crippen LogP contribution in [0.3, 0.4) is 0 Å². The van der Waals surface area contributed by atoms with E-state index >= 15 is 0 Å². The normalized spacial score (nSPS) is 21.3. The highest BCUT2D eigenvalue weighted by Gasteiger charge is 2.31. The molecule has 114 valence electrons. The average Bonchev–Trinajstić information content (AvgIpc) is 2.87. The van der Waals surface area contributed by atoms with Crippen molar-refractivity contribution >= 4 is 11.6 Å². The lowest BCUT2D eigenvalue weighted by molar-refractivity contribution is -0.387. The molecule has 1 unspecified atom stereocenters. The van der Waals surface area contributed by atoms with Gasteiger partial charge in [0, 0.05) is 20.2 Å². The van der Waals surface area contributed by atoms with Crippen molar-refractivity contribution < 1.29 is 23.2 Å². The summed E-state index contributed by atoms with van der Waals surface area (Å²) in [6, 6.07) is 0.632. The first kappa shape index (κ1) is 15.3. The molecule has 21 heavy (non-hydrogen) atoms. The maximum atomic E-state index is 13.9. The summed E-state index contributed by atoms with van der Waals surface area (Å²) < 4.78 is 32.3. The van der Waals surface area contributed by atoms with Gasteiger partial charge in [0.1, 0.15) is 5.82 Å². The number of nitrogens with zero attached hydrogens (tertiary/aromatic N) is 1. The largest absolute Gasteiger partial charge is 0.378 e. The van der Waals surface area contributed by atoms with Crippen LogP contribution in [0.5, 0.6) is 0 Å². The molecule has 2 N–H and O–H groups in total. The fraction of sp³-hybridized carbons (Fsp3) is 0.417. The summed E-state index contributed by atoms with van der Waals surface area (Å²) in [7, 11) is 1.46. The Kier molecular flexibility index (Phi) is 4.43. The van der Waals surface area contributed by atoms with Gasteiger partial charge in [0.05, 0.1) is 28.7 Å². The minimum Gasteiger partial charge on any atom is -0.378 e. The quantitative estimate of drug-likeness (QED) is 0.627. The number of nitro benzene ring substituents is 1. The lowest BCUT2D eigenvalue weighted by Gasteiger charge is -2.18. The molecule has 1 aromatic rings. The molecule has 1 saturated heterocycles. The molecular formula is C12H13F2N3O4. The number of halogens is 2. The fourth-order valence-electron chi connectivity index (χ4n) is 2.17. The molecule has 2 rings (SSSR count). The van der Waals surface area contributed by atoms with Gasteiger partial charge in [-0.25, -0.2) is 4.39 Å². The number of ether oxygens (including phenoxy) is 1. The number of nitrogens with one attached hydrogen (secondary N) is 2. The van der Waals surface area contributed by atoms with Crippen LogP contribution in [0.4, 0.5) is 14.5 Å². The summed E-state index contributed by atoms with van der Waals surface area (Å²) in [4.78, 5) is 21.5. The monoisotopic (exact) mass is 301 g/mol. The Labute approximate surface area is 118 Å². The molecule has 2 atom stereocenters. The minimum atomic E-state index is -1.36. The predicted octanol–water partition coefficient (Wildman–Crippen LogP) is 0.590. The summed E-state index contributed by atoms with van der Waals surface area (Å²) in [6.07, 6.45) is -0.305. The lowest BCUT2D eigenvalue weighted by atomic mass is 10.1. The first-order valence-corrected chi connectivity index (χ1v) is 6.12. The van der Waals surface area contributed by atoms with Crippen molar-refractivity contribution in [3.63, 3.8) is 0 Å². The van der Waals surface area contributed by atoms with Gasteiger partial charge in [0.25, 0.3) is 5.91 Å². The molecule has 7 nitrogen and oxygen atoms in total. The van der Waals surface area contributed by atoms with Gasteiger partial charge in [-0.15, -0.1) is 0 Å². The van der Waals surface area contributed by atoms with E-state index in [1.54, 1.807) is 0 Å². The van der Waals surface area contributed by atoms with E-state index in [2.05, 4.69) is 10.6 Å². The van der Waals surface area contributed by atoms with Crippen molar-refractivity contribution in [1.82, 2.24) is 10.6 Å². The number of benzene rings is 1. The molecule has 1 aliphatic heterocycles. The van der Waals surface area contributed by atoms with Crippen LogP contribution in [0.1, 0.15) is 10.4 Å². The van der Waals surface area contributed by atoms with Gasteiger partial charge in [-0.05, 0) is 6.07 Å². The van der Waals surface area contributed by atoms with Gasteiger partial charge in [-0.1, -0.05) is 0 Å². The Morgan fingerprint density at radius 3 is 2.81 bits per heavy atom. The standard InChI is InChI=1S/C12H13F2N3O4/c1-21-10-5-15-4-8(10)16-12(18)7-2-6(13)3-9(11(7)14)17(19)20/h2-3,8,10,15H,4-5H2,1H3,(H,16,18)/t8?,10-/m0/s1. The van der Waals surface area contributed by atoms with Gasteiger partial charge in [0.15, 0.2) is 0 Å². The van der Waals surface area contributed by atoms with Crippen LogP contribution in [0, 0.1) is 21.7 Å². The molecule has 0 bridgehead atoms. The molecule has 0 radical (unpaired) electrons. The summed E-state index contributed by atoms with van der Waals surface area (Å²) in [6.45, 7) is 0.913. The maximum Gasteiger partial charge on any atom is 0.308 e. The van der Waals surface area contributed by atoms with Crippen molar-refractivity contribution in [2.45, 2.75) is 12.1 Å².